The monoisotopic (exact) mass is 393 g/mol. The summed E-state index contributed by atoms with van der Waals surface area (Å²) < 4.78 is 5.32. The fourth-order valence-corrected chi connectivity index (χ4v) is 3.66. The molecule has 3 rings (SSSR count). The number of nitrogens with zero attached hydrogens (tertiary/aromatic N) is 4. The number of nitriles is 1. The fraction of sp³-hybridized carbons (Fsp3) is 0.409. The van der Waals surface area contributed by atoms with E-state index in [0.29, 0.717) is 6.42 Å². The van der Waals surface area contributed by atoms with E-state index in [9.17, 15) is 4.79 Å². The SMILES string of the molecule is CCN(CCCC#N)c1cc(C)nc2c1NC(=O)CN2c1ccc(OC)cc1C. The number of ether oxygens (including phenoxy) is 1. The minimum Gasteiger partial charge on any atom is -0.497 e. The van der Waals surface area contributed by atoms with Gasteiger partial charge in [-0.05, 0) is 57.0 Å². The van der Waals surface area contributed by atoms with Crippen LogP contribution < -0.4 is 19.9 Å². The van der Waals surface area contributed by atoms with Crippen LogP contribution in [0.15, 0.2) is 24.3 Å². The van der Waals surface area contributed by atoms with Gasteiger partial charge in [-0.2, -0.15) is 5.26 Å². The van der Waals surface area contributed by atoms with Crippen molar-refractivity contribution in [1.82, 2.24) is 4.98 Å². The van der Waals surface area contributed by atoms with E-state index in [1.807, 2.05) is 43.0 Å². The molecule has 2 aromatic rings. The van der Waals surface area contributed by atoms with Gasteiger partial charge in [-0.3, -0.25) is 4.79 Å². The molecule has 1 aliphatic rings. The van der Waals surface area contributed by atoms with Gasteiger partial charge in [0.2, 0.25) is 5.91 Å². The average Bonchev–Trinajstić information content (AvgIpc) is 2.71. The number of pyridine rings is 1. The molecule has 1 aromatic carbocycles. The molecule has 2 heterocycles. The predicted octanol–water partition coefficient (Wildman–Crippen LogP) is 3.93. The first-order chi connectivity index (χ1) is 14.0. The summed E-state index contributed by atoms with van der Waals surface area (Å²) in [6, 6.07) is 10.0. The van der Waals surface area contributed by atoms with Crippen molar-refractivity contribution in [3.8, 4) is 11.8 Å². The van der Waals surface area contributed by atoms with Crippen molar-refractivity contribution < 1.29 is 9.53 Å². The van der Waals surface area contributed by atoms with Crippen LogP contribution in [0.3, 0.4) is 0 Å². The Labute approximate surface area is 171 Å². The lowest BCUT2D eigenvalue weighted by Crippen LogP contribution is -2.37. The van der Waals surface area contributed by atoms with Crippen molar-refractivity contribution >= 4 is 28.8 Å². The topological polar surface area (TPSA) is 81.5 Å². The zero-order valence-corrected chi connectivity index (χ0v) is 17.5. The third-order valence-corrected chi connectivity index (χ3v) is 5.06. The van der Waals surface area contributed by atoms with Crippen molar-refractivity contribution in [2.45, 2.75) is 33.6 Å². The number of hydrogen-bond acceptors (Lipinski definition) is 6. The Bertz CT molecular complexity index is 951. The number of aromatic nitrogens is 1. The highest BCUT2D eigenvalue weighted by Crippen LogP contribution is 2.41. The molecule has 1 aliphatic heterocycles. The number of anilines is 4. The third-order valence-electron chi connectivity index (χ3n) is 5.06. The van der Waals surface area contributed by atoms with Crippen LogP contribution >= 0.6 is 0 Å². The van der Waals surface area contributed by atoms with Crippen molar-refractivity contribution in [2.24, 2.45) is 0 Å². The Morgan fingerprint density at radius 2 is 2.14 bits per heavy atom. The molecule has 0 unspecified atom stereocenters. The second-order valence-corrected chi connectivity index (χ2v) is 7.11. The number of hydrogen-bond donors (Lipinski definition) is 1. The van der Waals surface area contributed by atoms with E-state index in [4.69, 9.17) is 15.0 Å². The lowest BCUT2D eigenvalue weighted by molar-refractivity contribution is -0.115. The van der Waals surface area contributed by atoms with E-state index in [1.54, 1.807) is 7.11 Å². The van der Waals surface area contributed by atoms with Crippen LogP contribution in [-0.4, -0.2) is 37.6 Å². The largest absolute Gasteiger partial charge is 0.497 e. The van der Waals surface area contributed by atoms with E-state index in [0.717, 1.165) is 59.4 Å². The Hall–Kier alpha value is -3.27. The molecule has 29 heavy (non-hydrogen) atoms. The number of carbonyl (C=O) groups excluding carboxylic acids is 1. The van der Waals surface area contributed by atoms with Gasteiger partial charge >= 0.3 is 0 Å². The maximum atomic E-state index is 12.6. The molecule has 1 N–H and O–H groups in total. The highest BCUT2D eigenvalue weighted by atomic mass is 16.5. The quantitative estimate of drug-likeness (QED) is 0.718. The highest BCUT2D eigenvalue weighted by molar-refractivity contribution is 6.06. The number of unbranched alkanes of at least 4 members (excludes halogenated alkanes) is 1. The highest BCUT2D eigenvalue weighted by Gasteiger charge is 2.29. The van der Waals surface area contributed by atoms with E-state index in [-0.39, 0.29) is 12.5 Å². The van der Waals surface area contributed by atoms with E-state index >= 15 is 0 Å². The van der Waals surface area contributed by atoms with Gasteiger partial charge in [-0.25, -0.2) is 4.98 Å². The van der Waals surface area contributed by atoms with Crippen LogP contribution in [0.4, 0.5) is 22.9 Å². The van der Waals surface area contributed by atoms with E-state index < -0.39 is 0 Å². The van der Waals surface area contributed by atoms with Gasteiger partial charge < -0.3 is 19.9 Å². The second kappa shape index (κ2) is 8.82. The molecule has 0 radical (unpaired) electrons. The Morgan fingerprint density at radius 1 is 1.34 bits per heavy atom. The number of benzene rings is 1. The fourth-order valence-electron chi connectivity index (χ4n) is 3.66. The summed E-state index contributed by atoms with van der Waals surface area (Å²) in [7, 11) is 1.64. The molecule has 1 aromatic heterocycles. The summed E-state index contributed by atoms with van der Waals surface area (Å²) in [4.78, 5) is 21.5. The molecular formula is C22H27N5O2. The third kappa shape index (κ3) is 4.27. The molecule has 0 saturated carbocycles. The van der Waals surface area contributed by atoms with Gasteiger partial charge in [0.1, 0.15) is 18.0 Å². The number of amides is 1. The number of nitrogens with one attached hydrogen (secondary N) is 1. The first kappa shape index (κ1) is 20.5. The molecule has 0 saturated heterocycles. The Morgan fingerprint density at radius 3 is 2.79 bits per heavy atom. The molecule has 0 bridgehead atoms. The van der Waals surface area contributed by atoms with Crippen LogP contribution in [0.2, 0.25) is 0 Å². The normalized spacial score (nSPS) is 12.8. The average molecular weight is 393 g/mol. The maximum absolute atomic E-state index is 12.6. The van der Waals surface area contributed by atoms with Gasteiger partial charge in [0.25, 0.3) is 0 Å². The molecular weight excluding hydrogens is 366 g/mol. The van der Waals surface area contributed by atoms with Gasteiger partial charge in [-0.15, -0.1) is 0 Å². The molecule has 7 heteroatoms. The Balaban J connectivity index is 2.08. The van der Waals surface area contributed by atoms with Crippen LogP contribution in [-0.2, 0) is 4.79 Å². The van der Waals surface area contributed by atoms with Crippen molar-refractivity contribution in [3.05, 3.63) is 35.5 Å². The molecule has 0 aliphatic carbocycles. The summed E-state index contributed by atoms with van der Waals surface area (Å²) in [6.45, 7) is 7.76. The smallest absolute Gasteiger partial charge is 0.244 e. The van der Waals surface area contributed by atoms with Gasteiger partial charge in [0, 0.05) is 30.9 Å². The zero-order chi connectivity index (χ0) is 21.0. The van der Waals surface area contributed by atoms with Crippen LogP contribution in [0.1, 0.15) is 31.0 Å². The van der Waals surface area contributed by atoms with Gasteiger partial charge in [0.15, 0.2) is 5.82 Å². The maximum Gasteiger partial charge on any atom is 0.244 e. The molecule has 0 atom stereocenters. The van der Waals surface area contributed by atoms with Crippen LogP contribution in [0.25, 0.3) is 0 Å². The van der Waals surface area contributed by atoms with Crippen molar-refractivity contribution in [3.63, 3.8) is 0 Å². The number of fused-ring (bicyclic) bond motifs is 1. The van der Waals surface area contributed by atoms with E-state index in [2.05, 4.69) is 23.2 Å². The molecule has 0 spiro atoms. The summed E-state index contributed by atoms with van der Waals surface area (Å²) in [6.07, 6.45) is 1.28. The summed E-state index contributed by atoms with van der Waals surface area (Å²) >= 11 is 0. The number of carbonyl (C=O) groups is 1. The van der Waals surface area contributed by atoms with Crippen molar-refractivity contribution in [2.75, 3.05) is 41.9 Å². The molecule has 1 amide bonds. The van der Waals surface area contributed by atoms with E-state index in [1.165, 1.54) is 0 Å². The zero-order valence-electron chi connectivity index (χ0n) is 17.5. The molecule has 7 nitrogen and oxygen atoms in total. The first-order valence-electron chi connectivity index (χ1n) is 9.84. The minimum absolute atomic E-state index is 0.0762. The van der Waals surface area contributed by atoms with Crippen LogP contribution in [0, 0.1) is 25.2 Å². The summed E-state index contributed by atoms with van der Waals surface area (Å²) in [5, 5.41) is 11.9. The number of rotatable bonds is 7. The summed E-state index contributed by atoms with van der Waals surface area (Å²) in [5.41, 5.74) is 4.48. The lowest BCUT2D eigenvalue weighted by Gasteiger charge is -2.35. The number of aryl methyl sites for hydroxylation is 2. The standard InChI is InChI=1S/C22H27N5O2/c1-5-26(11-7-6-10-23)19-13-16(3)24-22-21(19)25-20(28)14-27(22)18-9-8-17(29-4)12-15(18)2/h8-9,12-13H,5-7,11,14H2,1-4H3,(H,25,28). The van der Waals surface area contributed by atoms with Gasteiger partial charge in [-0.1, -0.05) is 0 Å². The van der Waals surface area contributed by atoms with Crippen LogP contribution in [0.5, 0.6) is 5.75 Å². The summed E-state index contributed by atoms with van der Waals surface area (Å²) in [5.74, 6) is 1.44. The first-order valence-corrected chi connectivity index (χ1v) is 9.84. The number of methoxy groups -OCH3 is 1. The van der Waals surface area contributed by atoms with Gasteiger partial charge in [0.05, 0.1) is 18.9 Å². The van der Waals surface area contributed by atoms with Crippen molar-refractivity contribution in [1.29, 1.82) is 5.26 Å². The Kier molecular flexibility index (Phi) is 6.23. The second-order valence-electron chi connectivity index (χ2n) is 7.11. The molecule has 152 valence electrons. The molecule has 0 fully saturated rings. The minimum atomic E-state index is -0.0762. The lowest BCUT2D eigenvalue weighted by atomic mass is 10.1. The predicted molar refractivity (Wildman–Crippen MR) is 115 cm³/mol.